The van der Waals surface area contributed by atoms with Crippen LogP contribution in [0.4, 0.5) is 10.1 Å². The number of fused-ring (bicyclic) bond motifs is 3. The number of hydrogen-bond acceptors (Lipinski definition) is 4. The summed E-state index contributed by atoms with van der Waals surface area (Å²) < 4.78 is 15.7. The van der Waals surface area contributed by atoms with Crippen LogP contribution in [-0.2, 0) is 6.54 Å². The molecule has 0 spiro atoms. The number of nitrogens with one attached hydrogen (secondary N) is 2. The molecule has 7 nitrogen and oxygen atoms in total. The van der Waals surface area contributed by atoms with Crippen molar-refractivity contribution in [2.45, 2.75) is 44.7 Å². The topological polar surface area (TPSA) is 90.4 Å². The molecular weight excluding hydrogens is 447 g/mol. The Morgan fingerprint density at radius 1 is 1.14 bits per heavy atom. The van der Waals surface area contributed by atoms with Gasteiger partial charge in [-0.1, -0.05) is 19.3 Å². The number of halogens is 1. The normalized spacial score (nSPS) is 14.7. The summed E-state index contributed by atoms with van der Waals surface area (Å²) >= 11 is 0. The second-order valence-electron chi connectivity index (χ2n) is 9.39. The summed E-state index contributed by atoms with van der Waals surface area (Å²) in [6.07, 6.45) is 7.57. The number of aromatic amines is 1. The predicted octanol–water partition coefficient (Wildman–Crippen LogP) is 5.12. The van der Waals surface area contributed by atoms with Gasteiger partial charge in [0.15, 0.2) is 0 Å². The lowest BCUT2D eigenvalue weighted by atomic mass is 9.94. The van der Waals surface area contributed by atoms with Crippen LogP contribution in [0.5, 0.6) is 0 Å². The highest BCUT2D eigenvalue weighted by atomic mass is 19.1. The maximum Gasteiger partial charge on any atom is 0.335 e. The highest BCUT2D eigenvalue weighted by Crippen LogP contribution is 2.31. The van der Waals surface area contributed by atoms with E-state index in [4.69, 9.17) is 0 Å². The maximum absolute atomic E-state index is 14.2. The fourth-order valence-electron chi connectivity index (χ4n) is 5.35. The smallest absolute Gasteiger partial charge is 0.335 e. The summed E-state index contributed by atoms with van der Waals surface area (Å²) in [5.41, 5.74) is 2.94. The standard InChI is InChI=1S/C27H29FN4O3/c1-29-22-14-18(28)13-21-20-10-11-32(26(33)25(20)30-24(21)22)23-9-8-16(27(34)35)12-17(23)15-31(2)19-6-4-3-5-7-19/h8-14,19,29-30H,3-7,15H2,1-2H3,(H,34,35). The number of carbonyl (C=O) groups is 1. The minimum Gasteiger partial charge on any atom is -0.478 e. The number of hydrogen-bond donors (Lipinski definition) is 3. The molecule has 0 atom stereocenters. The van der Waals surface area contributed by atoms with Gasteiger partial charge >= 0.3 is 5.97 Å². The molecule has 2 aromatic heterocycles. The molecule has 1 aliphatic rings. The van der Waals surface area contributed by atoms with E-state index in [2.05, 4.69) is 22.2 Å². The predicted molar refractivity (Wildman–Crippen MR) is 136 cm³/mol. The largest absolute Gasteiger partial charge is 0.478 e. The van der Waals surface area contributed by atoms with Crippen molar-refractivity contribution >= 4 is 33.5 Å². The van der Waals surface area contributed by atoms with Gasteiger partial charge in [-0.05, 0) is 61.9 Å². The average Bonchev–Trinajstić information content (AvgIpc) is 3.24. The van der Waals surface area contributed by atoms with Crippen LogP contribution in [0, 0.1) is 5.82 Å². The number of carboxylic acids is 1. The molecule has 2 aromatic carbocycles. The molecule has 0 amide bonds. The fraction of sp³-hybridized carbons (Fsp3) is 0.333. The number of benzene rings is 2. The van der Waals surface area contributed by atoms with Gasteiger partial charge in [0.05, 0.1) is 22.5 Å². The van der Waals surface area contributed by atoms with Crippen molar-refractivity contribution in [3.8, 4) is 5.69 Å². The van der Waals surface area contributed by atoms with E-state index >= 15 is 0 Å². The van der Waals surface area contributed by atoms with Gasteiger partial charge in [-0.3, -0.25) is 14.3 Å². The highest BCUT2D eigenvalue weighted by Gasteiger charge is 2.21. The van der Waals surface area contributed by atoms with Gasteiger partial charge in [0, 0.05) is 36.6 Å². The Hall–Kier alpha value is -3.65. The summed E-state index contributed by atoms with van der Waals surface area (Å²) in [5, 5.41) is 13.8. The molecule has 0 bridgehead atoms. The summed E-state index contributed by atoms with van der Waals surface area (Å²) in [6.45, 7) is 0.535. The van der Waals surface area contributed by atoms with Crippen LogP contribution in [0.25, 0.3) is 27.5 Å². The van der Waals surface area contributed by atoms with Crippen LogP contribution < -0.4 is 10.9 Å². The summed E-state index contributed by atoms with van der Waals surface area (Å²) in [4.78, 5) is 30.8. The van der Waals surface area contributed by atoms with E-state index in [1.807, 2.05) is 0 Å². The quantitative estimate of drug-likeness (QED) is 0.360. The number of carboxylic acid groups (broad SMARTS) is 1. The second kappa shape index (κ2) is 9.19. The molecule has 8 heteroatoms. The first-order chi connectivity index (χ1) is 16.9. The van der Waals surface area contributed by atoms with Gasteiger partial charge in [-0.15, -0.1) is 0 Å². The first-order valence-corrected chi connectivity index (χ1v) is 12.0. The maximum atomic E-state index is 14.2. The minimum atomic E-state index is -1.00. The molecule has 0 unspecified atom stereocenters. The third kappa shape index (κ3) is 4.18. The Kier molecular flexibility index (Phi) is 6.06. The van der Waals surface area contributed by atoms with Crippen LogP contribution in [0.3, 0.4) is 0 Å². The molecule has 1 aliphatic carbocycles. The van der Waals surface area contributed by atoms with Gasteiger partial charge in [0.25, 0.3) is 5.56 Å². The molecule has 1 fully saturated rings. The number of anilines is 1. The van der Waals surface area contributed by atoms with Crippen molar-refractivity contribution in [1.82, 2.24) is 14.5 Å². The lowest BCUT2D eigenvalue weighted by molar-refractivity contribution is 0.0696. The lowest BCUT2D eigenvalue weighted by Gasteiger charge is -2.31. The average molecular weight is 477 g/mol. The third-order valence-electron chi connectivity index (χ3n) is 7.21. The molecule has 0 aliphatic heterocycles. The van der Waals surface area contributed by atoms with Crippen LogP contribution in [0.1, 0.15) is 48.0 Å². The van der Waals surface area contributed by atoms with Gasteiger partial charge in [-0.25, -0.2) is 9.18 Å². The van der Waals surface area contributed by atoms with Crippen molar-refractivity contribution < 1.29 is 14.3 Å². The molecule has 1 saturated carbocycles. The van der Waals surface area contributed by atoms with Gasteiger partial charge in [0.1, 0.15) is 11.3 Å². The Labute approximate surface area is 202 Å². The van der Waals surface area contributed by atoms with E-state index in [0.717, 1.165) is 18.4 Å². The molecular formula is C27H29FN4O3. The monoisotopic (exact) mass is 476 g/mol. The van der Waals surface area contributed by atoms with E-state index < -0.39 is 5.97 Å². The molecule has 2 heterocycles. The molecule has 4 aromatic rings. The molecule has 182 valence electrons. The van der Waals surface area contributed by atoms with Crippen LogP contribution in [0.15, 0.2) is 47.4 Å². The van der Waals surface area contributed by atoms with Crippen LogP contribution >= 0.6 is 0 Å². The minimum absolute atomic E-state index is 0.190. The Morgan fingerprint density at radius 2 is 1.91 bits per heavy atom. The number of aromatic nitrogens is 2. The van der Waals surface area contributed by atoms with Crippen molar-refractivity contribution in [3.63, 3.8) is 0 Å². The summed E-state index contributed by atoms with van der Waals surface area (Å²) in [5.74, 6) is -1.39. The molecule has 0 saturated heterocycles. The lowest BCUT2D eigenvalue weighted by Crippen LogP contribution is -2.33. The van der Waals surface area contributed by atoms with E-state index in [1.54, 1.807) is 36.0 Å². The van der Waals surface area contributed by atoms with Gasteiger partial charge in [-0.2, -0.15) is 0 Å². The Bertz CT molecular complexity index is 1480. The summed E-state index contributed by atoms with van der Waals surface area (Å²) in [7, 11) is 3.77. The Balaban J connectivity index is 1.64. The number of nitrogens with zero attached hydrogens (tertiary/aromatic N) is 2. The van der Waals surface area contributed by atoms with Crippen molar-refractivity contribution in [2.75, 3.05) is 19.4 Å². The number of pyridine rings is 1. The zero-order valence-corrected chi connectivity index (χ0v) is 19.9. The van der Waals surface area contributed by atoms with Crippen molar-refractivity contribution in [3.05, 3.63) is 69.9 Å². The van der Waals surface area contributed by atoms with E-state index in [1.165, 1.54) is 37.5 Å². The van der Waals surface area contributed by atoms with Crippen molar-refractivity contribution in [1.29, 1.82) is 0 Å². The molecule has 5 rings (SSSR count). The number of H-pyrrole nitrogens is 1. The number of aromatic carboxylic acids is 1. The zero-order valence-electron chi connectivity index (χ0n) is 19.9. The second-order valence-corrected chi connectivity index (χ2v) is 9.39. The van der Waals surface area contributed by atoms with E-state index in [-0.39, 0.29) is 16.9 Å². The first-order valence-electron chi connectivity index (χ1n) is 12.0. The van der Waals surface area contributed by atoms with Crippen LogP contribution in [-0.4, -0.2) is 45.7 Å². The molecule has 0 radical (unpaired) electrons. The van der Waals surface area contributed by atoms with Crippen LogP contribution in [0.2, 0.25) is 0 Å². The van der Waals surface area contributed by atoms with Crippen molar-refractivity contribution in [2.24, 2.45) is 0 Å². The fourth-order valence-corrected chi connectivity index (χ4v) is 5.35. The van der Waals surface area contributed by atoms with Gasteiger partial charge in [0.2, 0.25) is 0 Å². The van der Waals surface area contributed by atoms with E-state index in [9.17, 15) is 19.1 Å². The third-order valence-corrected chi connectivity index (χ3v) is 7.21. The zero-order chi connectivity index (χ0) is 24.7. The Morgan fingerprint density at radius 3 is 2.63 bits per heavy atom. The number of rotatable bonds is 6. The molecule has 35 heavy (non-hydrogen) atoms. The summed E-state index contributed by atoms with van der Waals surface area (Å²) in [6, 6.07) is 9.93. The SMILES string of the molecule is CNc1cc(F)cc2c1[nH]c1c(=O)n(-c3ccc(C(=O)O)cc3CN(C)C3CCCCC3)ccc12. The first kappa shape index (κ1) is 23.1. The highest BCUT2D eigenvalue weighted by molar-refractivity contribution is 6.10. The van der Waals surface area contributed by atoms with Gasteiger partial charge < -0.3 is 15.4 Å². The van der Waals surface area contributed by atoms with E-state index in [0.29, 0.717) is 45.8 Å². The molecule has 3 N–H and O–H groups in total.